The van der Waals surface area contributed by atoms with Crippen LogP contribution >= 0.6 is 15.9 Å². The van der Waals surface area contributed by atoms with Gasteiger partial charge in [0.2, 0.25) is 5.91 Å². The summed E-state index contributed by atoms with van der Waals surface area (Å²) < 4.78 is 0.907. The Balaban J connectivity index is 1.61. The molecule has 1 aliphatic heterocycles. The number of halogens is 1. The van der Waals surface area contributed by atoms with Gasteiger partial charge in [-0.2, -0.15) is 0 Å². The summed E-state index contributed by atoms with van der Waals surface area (Å²) >= 11 is 3.41. The van der Waals surface area contributed by atoms with E-state index in [0.717, 1.165) is 34.1 Å². The highest BCUT2D eigenvalue weighted by molar-refractivity contribution is 9.10. The number of piperidine rings is 1. The first-order chi connectivity index (χ1) is 13.4. The number of hydrogen-bond acceptors (Lipinski definition) is 2. The van der Waals surface area contributed by atoms with Crippen molar-refractivity contribution in [3.8, 4) is 0 Å². The van der Waals surface area contributed by atoms with Crippen LogP contribution in [-0.4, -0.2) is 29.9 Å². The number of amides is 3. The number of carbonyl (C=O) groups is 2. The Hall–Kier alpha value is -2.34. The largest absolute Gasteiger partial charge is 0.351 e. The normalized spacial score (nSPS) is 19.2. The van der Waals surface area contributed by atoms with Crippen molar-refractivity contribution in [2.24, 2.45) is 5.41 Å². The number of likely N-dealkylation sites (tertiary alicyclic amines) is 1. The first-order valence-electron chi connectivity index (χ1n) is 9.52. The summed E-state index contributed by atoms with van der Waals surface area (Å²) in [5.41, 5.74) is 2.41. The van der Waals surface area contributed by atoms with Crippen LogP contribution in [0.15, 0.2) is 53.0 Å². The van der Waals surface area contributed by atoms with Gasteiger partial charge in [-0.05, 0) is 56.0 Å². The quantitative estimate of drug-likeness (QED) is 0.718. The summed E-state index contributed by atoms with van der Waals surface area (Å²) in [6, 6.07) is 15.3. The number of carbonyl (C=O) groups excluding carboxylic acids is 2. The molecule has 1 unspecified atom stereocenters. The minimum atomic E-state index is -0.588. The standard InChI is InChI=1S/C22H26BrN3O2/c1-16-7-3-4-8-17(16)14-24-20(27)22(2)11-6-12-26(15-22)21(28)25-19-10-5-9-18(23)13-19/h3-5,7-10,13H,6,11-12,14-15H2,1-2H3,(H,24,27)(H,25,28). The van der Waals surface area contributed by atoms with Gasteiger partial charge in [-0.1, -0.05) is 46.3 Å². The molecule has 2 aromatic rings. The second-order valence-electron chi connectivity index (χ2n) is 7.64. The SMILES string of the molecule is Cc1ccccc1CNC(=O)C1(C)CCCN(C(=O)Nc2cccc(Br)c2)C1. The van der Waals surface area contributed by atoms with Gasteiger partial charge in [0, 0.05) is 29.8 Å². The van der Waals surface area contributed by atoms with Crippen molar-refractivity contribution in [3.05, 3.63) is 64.1 Å². The molecule has 1 saturated heterocycles. The molecule has 5 nitrogen and oxygen atoms in total. The first-order valence-corrected chi connectivity index (χ1v) is 10.3. The van der Waals surface area contributed by atoms with E-state index in [0.29, 0.717) is 19.6 Å². The van der Waals surface area contributed by atoms with E-state index in [1.807, 2.05) is 62.4 Å². The van der Waals surface area contributed by atoms with Gasteiger partial charge < -0.3 is 15.5 Å². The van der Waals surface area contributed by atoms with Crippen LogP contribution in [0.2, 0.25) is 0 Å². The van der Waals surface area contributed by atoms with E-state index >= 15 is 0 Å². The molecule has 3 amide bonds. The fourth-order valence-corrected chi connectivity index (χ4v) is 3.96. The molecule has 0 aromatic heterocycles. The Morgan fingerprint density at radius 3 is 2.71 bits per heavy atom. The van der Waals surface area contributed by atoms with Crippen LogP contribution in [0.1, 0.15) is 30.9 Å². The second kappa shape index (κ2) is 8.78. The number of rotatable bonds is 4. The Bertz CT molecular complexity index is 870. The van der Waals surface area contributed by atoms with Crippen LogP contribution in [-0.2, 0) is 11.3 Å². The summed E-state index contributed by atoms with van der Waals surface area (Å²) in [4.78, 5) is 27.3. The topological polar surface area (TPSA) is 61.4 Å². The van der Waals surface area contributed by atoms with Crippen LogP contribution in [0.3, 0.4) is 0 Å². The zero-order chi connectivity index (χ0) is 20.1. The lowest BCUT2D eigenvalue weighted by Crippen LogP contribution is -2.52. The number of urea groups is 1. The molecule has 1 atom stereocenters. The molecule has 2 aromatic carbocycles. The van der Waals surface area contributed by atoms with Crippen molar-refractivity contribution in [3.63, 3.8) is 0 Å². The molecule has 148 valence electrons. The van der Waals surface area contributed by atoms with Gasteiger partial charge >= 0.3 is 6.03 Å². The Kier molecular flexibility index (Phi) is 6.39. The van der Waals surface area contributed by atoms with Gasteiger partial charge in [-0.25, -0.2) is 4.79 Å². The zero-order valence-corrected chi connectivity index (χ0v) is 17.9. The van der Waals surface area contributed by atoms with Gasteiger partial charge in [0.05, 0.1) is 5.41 Å². The molecule has 0 saturated carbocycles. The van der Waals surface area contributed by atoms with Gasteiger partial charge in [0.15, 0.2) is 0 Å². The molecule has 0 radical (unpaired) electrons. The molecular formula is C22H26BrN3O2. The summed E-state index contributed by atoms with van der Waals surface area (Å²) in [5.74, 6) is -0.00397. The van der Waals surface area contributed by atoms with Crippen molar-refractivity contribution < 1.29 is 9.59 Å². The van der Waals surface area contributed by atoms with Crippen LogP contribution in [0.25, 0.3) is 0 Å². The van der Waals surface area contributed by atoms with Gasteiger partial charge in [0.25, 0.3) is 0 Å². The van der Waals surface area contributed by atoms with Crippen molar-refractivity contribution in [1.82, 2.24) is 10.2 Å². The van der Waals surface area contributed by atoms with E-state index in [4.69, 9.17) is 0 Å². The maximum absolute atomic E-state index is 12.9. The molecular weight excluding hydrogens is 418 g/mol. The maximum atomic E-state index is 12.9. The number of nitrogens with zero attached hydrogens (tertiary/aromatic N) is 1. The molecule has 3 rings (SSSR count). The van der Waals surface area contributed by atoms with Crippen LogP contribution < -0.4 is 10.6 Å². The maximum Gasteiger partial charge on any atom is 0.321 e. The predicted octanol–water partition coefficient (Wildman–Crippen LogP) is 4.71. The summed E-state index contributed by atoms with van der Waals surface area (Å²) in [6.07, 6.45) is 1.58. The van der Waals surface area contributed by atoms with E-state index < -0.39 is 5.41 Å². The van der Waals surface area contributed by atoms with Gasteiger partial charge in [-0.15, -0.1) is 0 Å². The van der Waals surface area contributed by atoms with E-state index in [2.05, 4.69) is 26.6 Å². The minimum absolute atomic E-state index is 0.00397. The minimum Gasteiger partial charge on any atom is -0.351 e. The highest BCUT2D eigenvalue weighted by atomic mass is 79.9. The Labute approximate surface area is 174 Å². The third-order valence-electron chi connectivity index (χ3n) is 5.31. The lowest BCUT2D eigenvalue weighted by molar-refractivity contribution is -0.132. The summed E-state index contributed by atoms with van der Waals surface area (Å²) in [5, 5.41) is 5.98. The monoisotopic (exact) mass is 443 g/mol. The molecule has 0 spiro atoms. The molecule has 1 heterocycles. The molecule has 0 aliphatic carbocycles. The molecule has 0 bridgehead atoms. The lowest BCUT2D eigenvalue weighted by Gasteiger charge is -2.39. The number of hydrogen-bond donors (Lipinski definition) is 2. The van der Waals surface area contributed by atoms with Crippen LogP contribution in [0, 0.1) is 12.3 Å². The van der Waals surface area contributed by atoms with Crippen molar-refractivity contribution in [2.45, 2.75) is 33.2 Å². The van der Waals surface area contributed by atoms with Gasteiger partial charge in [-0.3, -0.25) is 4.79 Å². The molecule has 1 aliphatic rings. The van der Waals surface area contributed by atoms with E-state index in [1.54, 1.807) is 4.90 Å². The van der Waals surface area contributed by atoms with Crippen molar-refractivity contribution >= 4 is 33.6 Å². The average Bonchev–Trinajstić information content (AvgIpc) is 2.67. The fraction of sp³-hybridized carbons (Fsp3) is 0.364. The van der Waals surface area contributed by atoms with Crippen molar-refractivity contribution in [2.75, 3.05) is 18.4 Å². The molecule has 1 fully saturated rings. The second-order valence-corrected chi connectivity index (χ2v) is 8.55. The van der Waals surface area contributed by atoms with Crippen molar-refractivity contribution in [1.29, 1.82) is 0 Å². The number of aryl methyl sites for hydroxylation is 1. The third kappa shape index (κ3) is 4.93. The van der Waals surface area contributed by atoms with E-state index in [1.165, 1.54) is 0 Å². The highest BCUT2D eigenvalue weighted by Crippen LogP contribution is 2.30. The highest BCUT2D eigenvalue weighted by Gasteiger charge is 2.39. The van der Waals surface area contributed by atoms with Crippen LogP contribution in [0.5, 0.6) is 0 Å². The van der Waals surface area contributed by atoms with Gasteiger partial charge in [0.1, 0.15) is 0 Å². The average molecular weight is 444 g/mol. The molecule has 2 N–H and O–H groups in total. The summed E-state index contributed by atoms with van der Waals surface area (Å²) in [7, 11) is 0. The zero-order valence-electron chi connectivity index (χ0n) is 16.3. The van der Waals surface area contributed by atoms with E-state index in [-0.39, 0.29) is 11.9 Å². The van der Waals surface area contributed by atoms with Crippen LogP contribution in [0.4, 0.5) is 10.5 Å². The van der Waals surface area contributed by atoms with E-state index in [9.17, 15) is 9.59 Å². The molecule has 6 heteroatoms. The Morgan fingerprint density at radius 1 is 1.18 bits per heavy atom. The lowest BCUT2D eigenvalue weighted by atomic mass is 9.81. The number of anilines is 1. The number of nitrogens with one attached hydrogen (secondary N) is 2. The summed E-state index contributed by atoms with van der Waals surface area (Å²) in [6.45, 7) is 5.55. The fourth-order valence-electron chi connectivity index (χ4n) is 3.56. The third-order valence-corrected chi connectivity index (χ3v) is 5.80. The molecule has 28 heavy (non-hydrogen) atoms. The smallest absolute Gasteiger partial charge is 0.321 e. The first kappa shape index (κ1) is 20.4. The predicted molar refractivity (Wildman–Crippen MR) is 115 cm³/mol. The Morgan fingerprint density at radius 2 is 1.96 bits per heavy atom. The number of benzene rings is 2.